The Kier molecular flexibility index (Phi) is 4.21. The van der Waals surface area contributed by atoms with Gasteiger partial charge in [-0.15, -0.1) is 0 Å². The Hall–Kier alpha value is -4.20. The normalized spacial score (nSPS) is 19.3. The van der Waals surface area contributed by atoms with Crippen LogP contribution >= 0.6 is 0 Å². The van der Waals surface area contributed by atoms with E-state index in [4.69, 9.17) is 13.9 Å². The summed E-state index contributed by atoms with van der Waals surface area (Å²) in [6, 6.07) is 11.6. The van der Waals surface area contributed by atoms with E-state index < -0.39 is 17.7 Å². The minimum atomic E-state index is -1.06. The van der Waals surface area contributed by atoms with Crippen LogP contribution in [0.15, 0.2) is 64.8 Å². The molecule has 8 nitrogen and oxygen atoms in total. The molecule has 1 fully saturated rings. The highest BCUT2D eigenvalue weighted by Gasteiger charge is 2.49. The van der Waals surface area contributed by atoms with Crippen molar-refractivity contribution in [3.05, 3.63) is 77.3 Å². The summed E-state index contributed by atoms with van der Waals surface area (Å²) in [7, 11) is 0. The number of aliphatic hydroxyl groups is 1. The number of furan rings is 1. The Bertz CT molecular complexity index is 1240. The van der Waals surface area contributed by atoms with Crippen molar-refractivity contribution in [2.45, 2.75) is 13.0 Å². The molecular weight excluding hydrogens is 402 g/mol. The molecule has 2 aliphatic rings. The molecule has 8 heteroatoms. The van der Waals surface area contributed by atoms with Crippen molar-refractivity contribution >= 4 is 23.1 Å². The van der Waals surface area contributed by atoms with Crippen molar-refractivity contribution in [3.63, 3.8) is 0 Å². The lowest BCUT2D eigenvalue weighted by Crippen LogP contribution is -2.29. The second-order valence-corrected chi connectivity index (χ2v) is 7.24. The van der Waals surface area contributed by atoms with E-state index in [1.807, 2.05) is 0 Å². The number of amides is 1. The van der Waals surface area contributed by atoms with Crippen molar-refractivity contribution in [1.29, 1.82) is 0 Å². The number of fused-ring (bicyclic) bond motifs is 1. The zero-order chi connectivity index (χ0) is 21.7. The average molecular weight is 419 g/mol. The first-order chi connectivity index (χ1) is 15.0. The number of ketones is 1. The van der Waals surface area contributed by atoms with Gasteiger partial charge in [0.25, 0.3) is 11.7 Å². The molecule has 0 bridgehead atoms. The highest BCUT2D eigenvalue weighted by molar-refractivity contribution is 6.51. The zero-order valence-electron chi connectivity index (χ0n) is 16.4. The largest absolute Gasteiger partial charge is 0.507 e. The number of carbonyl (C=O) groups is 2. The average Bonchev–Trinajstić information content (AvgIpc) is 3.50. The maximum absolute atomic E-state index is 13.1. The number of rotatable bonds is 3. The van der Waals surface area contributed by atoms with Gasteiger partial charge in [-0.25, -0.2) is 0 Å². The van der Waals surface area contributed by atoms with E-state index in [9.17, 15) is 19.8 Å². The Morgan fingerprint density at radius 1 is 1.06 bits per heavy atom. The van der Waals surface area contributed by atoms with Gasteiger partial charge in [-0.05, 0) is 55.0 Å². The molecule has 2 aromatic carbocycles. The molecule has 1 aromatic heterocycles. The number of hydrogen-bond donors (Lipinski definition) is 2. The molecular formula is C23H17NO7. The number of Topliss-reactive ketones (excluding diaryl/α,β-unsaturated/α-hetero) is 1. The fraction of sp³-hybridized carbons (Fsp3) is 0.130. The molecule has 1 unspecified atom stereocenters. The van der Waals surface area contributed by atoms with Gasteiger partial charge in [0, 0.05) is 5.56 Å². The van der Waals surface area contributed by atoms with Crippen LogP contribution in [-0.2, 0) is 9.59 Å². The second kappa shape index (κ2) is 6.94. The predicted molar refractivity (Wildman–Crippen MR) is 109 cm³/mol. The molecule has 1 saturated heterocycles. The molecule has 0 radical (unpaired) electrons. The van der Waals surface area contributed by atoms with Gasteiger partial charge >= 0.3 is 0 Å². The first kappa shape index (κ1) is 18.8. The molecule has 2 aliphatic heterocycles. The number of anilines is 1. The lowest BCUT2D eigenvalue weighted by molar-refractivity contribution is -0.132. The second-order valence-electron chi connectivity index (χ2n) is 7.24. The van der Waals surface area contributed by atoms with Gasteiger partial charge in [-0.3, -0.25) is 14.5 Å². The summed E-state index contributed by atoms with van der Waals surface area (Å²) in [5.41, 5.74) is 1.06. The van der Waals surface area contributed by atoms with Crippen molar-refractivity contribution in [1.82, 2.24) is 0 Å². The molecule has 0 saturated carbocycles. The Morgan fingerprint density at radius 2 is 1.87 bits per heavy atom. The van der Waals surface area contributed by atoms with Crippen LogP contribution in [0.1, 0.15) is 22.9 Å². The first-order valence-electron chi connectivity index (χ1n) is 9.50. The van der Waals surface area contributed by atoms with Crippen LogP contribution in [0.25, 0.3) is 5.76 Å². The fourth-order valence-corrected chi connectivity index (χ4v) is 3.82. The number of ether oxygens (including phenoxy) is 2. The number of carbonyl (C=O) groups excluding carboxylic acids is 2. The summed E-state index contributed by atoms with van der Waals surface area (Å²) < 4.78 is 16.1. The van der Waals surface area contributed by atoms with Gasteiger partial charge in [0.05, 0.1) is 17.5 Å². The minimum Gasteiger partial charge on any atom is -0.507 e. The van der Waals surface area contributed by atoms with Gasteiger partial charge in [-0.1, -0.05) is 6.07 Å². The molecule has 1 amide bonds. The number of benzene rings is 2. The van der Waals surface area contributed by atoms with Crippen molar-refractivity contribution in [3.8, 4) is 17.2 Å². The number of aliphatic hydroxyl groups excluding tert-OH is 1. The van der Waals surface area contributed by atoms with Crippen molar-refractivity contribution < 1.29 is 33.7 Å². The lowest BCUT2D eigenvalue weighted by atomic mass is 9.99. The number of phenols is 1. The van der Waals surface area contributed by atoms with Crippen LogP contribution in [0, 0.1) is 6.92 Å². The molecule has 156 valence electrons. The Labute approximate surface area is 176 Å². The van der Waals surface area contributed by atoms with Gasteiger partial charge < -0.3 is 24.1 Å². The van der Waals surface area contributed by atoms with Crippen LogP contribution < -0.4 is 14.4 Å². The summed E-state index contributed by atoms with van der Waals surface area (Å²) >= 11 is 0. The van der Waals surface area contributed by atoms with Crippen LogP contribution in [0.2, 0.25) is 0 Å². The van der Waals surface area contributed by atoms with Crippen LogP contribution in [-0.4, -0.2) is 28.7 Å². The molecule has 5 rings (SSSR count). The molecule has 2 N–H and O–H groups in total. The SMILES string of the molecule is Cc1ccc(O)c(N2C(=O)C(=O)/C(=C(\O)c3ccc4c(c3)OCO4)C2c2ccco2)c1. The summed E-state index contributed by atoms with van der Waals surface area (Å²) in [5.74, 6) is -1.13. The standard InChI is InChI=1S/C23H17NO7/c1-12-4-6-15(25)14(9-12)24-20(17-3-2-8-29-17)19(22(27)23(24)28)21(26)13-5-7-16-18(10-13)31-11-30-16/h2-10,20,25-26H,11H2,1H3/b21-19-. The fourth-order valence-electron chi connectivity index (χ4n) is 3.82. The highest BCUT2D eigenvalue weighted by atomic mass is 16.7. The number of hydrogen-bond acceptors (Lipinski definition) is 7. The van der Waals surface area contributed by atoms with Gasteiger partial charge in [0.2, 0.25) is 6.79 Å². The van der Waals surface area contributed by atoms with Crippen molar-refractivity contribution in [2.75, 3.05) is 11.7 Å². The summed E-state index contributed by atoms with van der Waals surface area (Å²) in [6.45, 7) is 1.86. The van der Waals surface area contributed by atoms with Gasteiger partial charge in [0.1, 0.15) is 23.3 Å². The van der Waals surface area contributed by atoms with E-state index in [1.54, 1.807) is 43.3 Å². The molecule has 1 atom stereocenters. The highest BCUT2D eigenvalue weighted by Crippen LogP contribution is 2.45. The Balaban J connectivity index is 1.71. The smallest absolute Gasteiger partial charge is 0.300 e. The maximum Gasteiger partial charge on any atom is 0.300 e. The third-order valence-corrected chi connectivity index (χ3v) is 5.29. The van der Waals surface area contributed by atoms with Gasteiger partial charge in [0.15, 0.2) is 11.5 Å². The van der Waals surface area contributed by atoms with Crippen LogP contribution in [0.5, 0.6) is 17.2 Å². The molecule has 3 heterocycles. The maximum atomic E-state index is 13.1. The molecule has 3 aromatic rings. The van der Waals surface area contributed by atoms with E-state index in [0.717, 1.165) is 10.5 Å². The number of phenolic OH excluding ortho intramolecular Hbond substituents is 1. The third kappa shape index (κ3) is 2.92. The molecule has 31 heavy (non-hydrogen) atoms. The molecule has 0 aliphatic carbocycles. The zero-order valence-corrected chi connectivity index (χ0v) is 16.4. The lowest BCUT2D eigenvalue weighted by Gasteiger charge is -2.24. The van der Waals surface area contributed by atoms with E-state index in [-0.39, 0.29) is 40.9 Å². The summed E-state index contributed by atoms with van der Waals surface area (Å²) in [6.07, 6.45) is 1.41. The number of nitrogens with zero attached hydrogens (tertiary/aromatic N) is 1. The van der Waals surface area contributed by atoms with E-state index in [0.29, 0.717) is 11.5 Å². The predicted octanol–water partition coefficient (Wildman–Crippen LogP) is 3.65. The Morgan fingerprint density at radius 3 is 2.65 bits per heavy atom. The number of aromatic hydroxyl groups is 1. The van der Waals surface area contributed by atoms with E-state index in [2.05, 4.69) is 0 Å². The third-order valence-electron chi connectivity index (χ3n) is 5.29. The van der Waals surface area contributed by atoms with Crippen molar-refractivity contribution in [2.24, 2.45) is 0 Å². The monoisotopic (exact) mass is 419 g/mol. The first-order valence-corrected chi connectivity index (χ1v) is 9.50. The molecule has 0 spiro atoms. The number of aryl methyl sites for hydroxylation is 1. The quantitative estimate of drug-likeness (QED) is 0.379. The topological polar surface area (TPSA) is 109 Å². The van der Waals surface area contributed by atoms with Crippen LogP contribution in [0.3, 0.4) is 0 Å². The minimum absolute atomic E-state index is 0.0585. The van der Waals surface area contributed by atoms with E-state index >= 15 is 0 Å². The van der Waals surface area contributed by atoms with E-state index in [1.165, 1.54) is 18.4 Å². The van der Waals surface area contributed by atoms with Gasteiger partial charge in [-0.2, -0.15) is 0 Å². The summed E-state index contributed by atoms with van der Waals surface area (Å²) in [4.78, 5) is 27.2. The summed E-state index contributed by atoms with van der Waals surface area (Å²) in [5, 5.41) is 21.5. The van der Waals surface area contributed by atoms with Crippen LogP contribution in [0.4, 0.5) is 5.69 Å².